The Morgan fingerprint density at radius 2 is 2.24 bits per heavy atom. The normalized spacial score (nSPS) is 12.1. The monoisotopic (exact) mass is 345 g/mol. The molecule has 0 bridgehead atoms. The van der Waals surface area contributed by atoms with E-state index < -0.39 is 11.9 Å². The van der Waals surface area contributed by atoms with Crippen LogP contribution in [0.4, 0.5) is 10.1 Å². The van der Waals surface area contributed by atoms with Crippen molar-refractivity contribution >= 4 is 5.69 Å². The summed E-state index contributed by atoms with van der Waals surface area (Å²) in [6, 6.07) is 10.1. The second-order valence-corrected chi connectivity index (χ2v) is 5.66. The molecular weight excluding hydrogens is 325 g/mol. The van der Waals surface area contributed by atoms with Crippen LogP contribution in [0, 0.1) is 5.82 Å². The molecule has 1 N–H and O–H groups in total. The van der Waals surface area contributed by atoms with Crippen LogP contribution in [0.25, 0.3) is 0 Å². The molecule has 0 saturated heterocycles. The zero-order valence-corrected chi connectivity index (χ0v) is 13.9. The lowest BCUT2D eigenvalue weighted by Crippen LogP contribution is -2.34. The van der Waals surface area contributed by atoms with Gasteiger partial charge >= 0.3 is 0 Å². The van der Waals surface area contributed by atoms with E-state index in [1.54, 1.807) is 47.6 Å². The van der Waals surface area contributed by atoms with Gasteiger partial charge < -0.3 is 19.2 Å². The number of nitrogens with zero attached hydrogens (tertiary/aromatic N) is 3. The van der Waals surface area contributed by atoms with Gasteiger partial charge in [-0.25, -0.2) is 4.39 Å². The Morgan fingerprint density at radius 3 is 2.88 bits per heavy atom. The van der Waals surface area contributed by atoms with Crippen LogP contribution in [0.3, 0.4) is 0 Å². The molecule has 1 aromatic carbocycles. The average molecular weight is 345 g/mol. The number of hydrogen-bond acceptors (Lipinski definition) is 5. The topological polar surface area (TPSA) is 63.7 Å². The van der Waals surface area contributed by atoms with E-state index in [1.165, 1.54) is 13.2 Å². The minimum Gasteiger partial charge on any atom is -0.494 e. The van der Waals surface area contributed by atoms with Crippen molar-refractivity contribution in [1.29, 1.82) is 0 Å². The summed E-state index contributed by atoms with van der Waals surface area (Å²) in [4.78, 5) is 1.86. The molecule has 0 spiro atoms. The second-order valence-electron chi connectivity index (χ2n) is 5.66. The Labute approximate surface area is 145 Å². The van der Waals surface area contributed by atoms with Crippen molar-refractivity contribution in [3.8, 4) is 5.75 Å². The van der Waals surface area contributed by atoms with Crippen LogP contribution in [0.15, 0.2) is 59.5 Å². The lowest BCUT2D eigenvalue weighted by molar-refractivity contribution is 0.153. The summed E-state index contributed by atoms with van der Waals surface area (Å²) in [6.07, 6.45) is 4.35. The van der Waals surface area contributed by atoms with E-state index >= 15 is 0 Å². The highest BCUT2D eigenvalue weighted by atomic mass is 19.1. The highest BCUT2D eigenvalue weighted by molar-refractivity contribution is 5.50. The van der Waals surface area contributed by atoms with Gasteiger partial charge in [-0.2, -0.15) is 5.10 Å². The van der Waals surface area contributed by atoms with Gasteiger partial charge in [-0.1, -0.05) is 0 Å². The molecule has 1 unspecified atom stereocenters. The van der Waals surface area contributed by atoms with Crippen LogP contribution in [0.2, 0.25) is 0 Å². The molecule has 0 aliphatic rings. The smallest absolute Gasteiger partial charge is 0.167 e. The quantitative estimate of drug-likeness (QED) is 0.680. The number of benzene rings is 1. The molecule has 3 rings (SSSR count). The number of halogens is 1. The molecule has 2 aromatic heterocycles. The highest BCUT2D eigenvalue weighted by Gasteiger charge is 2.17. The van der Waals surface area contributed by atoms with E-state index in [-0.39, 0.29) is 5.75 Å². The zero-order valence-electron chi connectivity index (χ0n) is 13.9. The Hall–Kier alpha value is -2.80. The number of hydrogen-bond donors (Lipinski definition) is 1. The Morgan fingerprint density at radius 1 is 1.36 bits per heavy atom. The molecule has 0 saturated carbocycles. The lowest BCUT2D eigenvalue weighted by Gasteiger charge is -2.27. The first kappa shape index (κ1) is 17.0. The summed E-state index contributed by atoms with van der Waals surface area (Å²) in [5, 5.41) is 14.5. The van der Waals surface area contributed by atoms with E-state index in [0.29, 0.717) is 25.3 Å². The molecule has 132 valence electrons. The van der Waals surface area contributed by atoms with E-state index in [1.807, 2.05) is 11.0 Å². The fourth-order valence-electron chi connectivity index (χ4n) is 2.64. The summed E-state index contributed by atoms with van der Waals surface area (Å²) >= 11 is 0. The van der Waals surface area contributed by atoms with Crippen LogP contribution in [0.1, 0.15) is 5.76 Å². The molecule has 0 radical (unpaired) electrons. The summed E-state index contributed by atoms with van der Waals surface area (Å²) < 4.78 is 26.1. The SMILES string of the molecule is COc1ccc(N(Cc2ccco2)CC(O)Cn2cccn2)cc1F. The van der Waals surface area contributed by atoms with Gasteiger partial charge in [-0.15, -0.1) is 0 Å². The van der Waals surface area contributed by atoms with Crippen molar-refractivity contribution in [2.75, 3.05) is 18.6 Å². The standard InChI is InChI=1S/C18H20FN3O3/c1-24-18-6-5-14(10-17(18)19)21(13-16-4-2-9-25-16)11-15(23)12-22-8-3-7-20-22/h2-10,15,23H,11-13H2,1H3. The van der Waals surface area contributed by atoms with Crippen LogP contribution in [-0.2, 0) is 13.1 Å². The van der Waals surface area contributed by atoms with Crippen LogP contribution in [0.5, 0.6) is 5.75 Å². The maximum Gasteiger partial charge on any atom is 0.167 e. The van der Waals surface area contributed by atoms with Crippen molar-refractivity contribution in [2.24, 2.45) is 0 Å². The molecule has 1 atom stereocenters. The fraction of sp³-hybridized carbons (Fsp3) is 0.278. The highest BCUT2D eigenvalue weighted by Crippen LogP contribution is 2.25. The van der Waals surface area contributed by atoms with Crippen molar-refractivity contribution in [2.45, 2.75) is 19.2 Å². The summed E-state index contributed by atoms with van der Waals surface area (Å²) in [5.41, 5.74) is 0.634. The van der Waals surface area contributed by atoms with Gasteiger partial charge in [0.2, 0.25) is 0 Å². The minimum atomic E-state index is -0.681. The minimum absolute atomic E-state index is 0.179. The van der Waals surface area contributed by atoms with Gasteiger partial charge in [0, 0.05) is 30.7 Å². The van der Waals surface area contributed by atoms with Gasteiger partial charge in [0.1, 0.15) is 5.76 Å². The van der Waals surface area contributed by atoms with E-state index in [2.05, 4.69) is 5.10 Å². The third-order valence-electron chi connectivity index (χ3n) is 3.82. The molecule has 7 heteroatoms. The largest absolute Gasteiger partial charge is 0.494 e. The predicted octanol–water partition coefficient (Wildman–Crippen LogP) is 2.69. The Bertz CT molecular complexity index is 775. The zero-order chi connectivity index (χ0) is 17.6. The average Bonchev–Trinajstić information content (AvgIpc) is 3.28. The van der Waals surface area contributed by atoms with E-state index in [4.69, 9.17) is 9.15 Å². The molecule has 2 heterocycles. The number of aliphatic hydroxyl groups excluding tert-OH is 1. The maximum absolute atomic E-state index is 14.1. The van der Waals surface area contributed by atoms with Gasteiger partial charge in [0.15, 0.2) is 11.6 Å². The van der Waals surface area contributed by atoms with Gasteiger partial charge in [0.25, 0.3) is 0 Å². The van der Waals surface area contributed by atoms with Crippen LogP contribution in [-0.4, -0.2) is 34.6 Å². The third kappa shape index (κ3) is 4.39. The second kappa shape index (κ2) is 7.85. The van der Waals surface area contributed by atoms with E-state index in [9.17, 15) is 9.50 Å². The summed E-state index contributed by atoms with van der Waals surface area (Å²) in [7, 11) is 1.42. The van der Waals surface area contributed by atoms with Gasteiger partial charge in [-0.3, -0.25) is 4.68 Å². The lowest BCUT2D eigenvalue weighted by atomic mass is 10.2. The molecule has 0 amide bonds. The molecule has 25 heavy (non-hydrogen) atoms. The number of aliphatic hydroxyl groups is 1. The van der Waals surface area contributed by atoms with Gasteiger partial charge in [0.05, 0.1) is 32.6 Å². The molecule has 6 nitrogen and oxygen atoms in total. The van der Waals surface area contributed by atoms with Crippen molar-refractivity contribution in [3.05, 3.63) is 66.6 Å². The molecule has 0 fully saturated rings. The van der Waals surface area contributed by atoms with Crippen LogP contribution >= 0.6 is 0 Å². The molecular formula is C18H20FN3O3. The van der Waals surface area contributed by atoms with Crippen molar-refractivity contribution < 1.29 is 18.7 Å². The number of anilines is 1. The van der Waals surface area contributed by atoms with Crippen LogP contribution < -0.4 is 9.64 Å². The van der Waals surface area contributed by atoms with Crippen molar-refractivity contribution in [1.82, 2.24) is 9.78 Å². The van der Waals surface area contributed by atoms with Crippen molar-refractivity contribution in [3.63, 3.8) is 0 Å². The number of aromatic nitrogens is 2. The number of ether oxygens (including phenoxy) is 1. The third-order valence-corrected chi connectivity index (χ3v) is 3.82. The predicted molar refractivity (Wildman–Crippen MR) is 90.9 cm³/mol. The molecule has 3 aromatic rings. The van der Waals surface area contributed by atoms with E-state index in [0.717, 1.165) is 5.76 Å². The fourth-order valence-corrected chi connectivity index (χ4v) is 2.64. The number of rotatable bonds is 8. The summed E-state index contributed by atoms with van der Waals surface area (Å²) in [6.45, 7) is 1.06. The summed E-state index contributed by atoms with van der Waals surface area (Å²) in [5.74, 6) is 0.451. The van der Waals surface area contributed by atoms with Gasteiger partial charge in [-0.05, 0) is 30.3 Å². The first-order valence-corrected chi connectivity index (χ1v) is 7.92. The Balaban J connectivity index is 1.78. The maximum atomic E-state index is 14.1. The number of furan rings is 1. The number of methoxy groups -OCH3 is 1. The Kier molecular flexibility index (Phi) is 5.35. The molecule has 0 aliphatic carbocycles. The molecule has 0 aliphatic heterocycles. The first-order chi connectivity index (χ1) is 12.2. The first-order valence-electron chi connectivity index (χ1n) is 7.92.